The number of carbonyl (C=O) groups is 2. The predicted molar refractivity (Wildman–Crippen MR) is 52.8 cm³/mol. The SMILES string of the molecule is CCCC(CNC(C)=O)C(=O)CCl. The second-order valence-corrected chi connectivity index (χ2v) is 3.29. The van der Waals surface area contributed by atoms with Crippen molar-refractivity contribution in [3.8, 4) is 0 Å². The Morgan fingerprint density at radius 2 is 2.08 bits per heavy atom. The first kappa shape index (κ1) is 12.4. The molecule has 1 N–H and O–H groups in total. The molecule has 1 unspecified atom stereocenters. The van der Waals surface area contributed by atoms with Gasteiger partial charge in [-0.05, 0) is 6.42 Å². The van der Waals surface area contributed by atoms with Crippen molar-refractivity contribution >= 4 is 23.3 Å². The summed E-state index contributed by atoms with van der Waals surface area (Å²) >= 11 is 5.44. The van der Waals surface area contributed by atoms with Crippen LogP contribution in [0.1, 0.15) is 26.7 Å². The quantitative estimate of drug-likeness (QED) is 0.666. The summed E-state index contributed by atoms with van der Waals surface area (Å²) in [6, 6.07) is 0. The van der Waals surface area contributed by atoms with Gasteiger partial charge in [-0.25, -0.2) is 0 Å². The maximum absolute atomic E-state index is 11.2. The second kappa shape index (κ2) is 6.89. The van der Waals surface area contributed by atoms with Crippen LogP contribution in [0, 0.1) is 5.92 Å². The van der Waals surface area contributed by atoms with Gasteiger partial charge in [0, 0.05) is 19.4 Å². The van der Waals surface area contributed by atoms with E-state index in [1.165, 1.54) is 6.92 Å². The van der Waals surface area contributed by atoms with E-state index >= 15 is 0 Å². The topological polar surface area (TPSA) is 46.2 Å². The van der Waals surface area contributed by atoms with Gasteiger partial charge in [-0.1, -0.05) is 13.3 Å². The third-order valence-corrected chi connectivity index (χ3v) is 2.09. The smallest absolute Gasteiger partial charge is 0.216 e. The van der Waals surface area contributed by atoms with Crippen LogP contribution in [-0.2, 0) is 9.59 Å². The first-order valence-corrected chi connectivity index (χ1v) is 4.98. The number of Topliss-reactive ketones (excluding diaryl/α,β-unsaturated/α-hetero) is 1. The molecule has 0 aliphatic rings. The molecule has 13 heavy (non-hydrogen) atoms. The van der Waals surface area contributed by atoms with Crippen LogP contribution in [0.15, 0.2) is 0 Å². The van der Waals surface area contributed by atoms with Gasteiger partial charge in [0.1, 0.15) is 0 Å². The summed E-state index contributed by atoms with van der Waals surface area (Å²) < 4.78 is 0. The molecule has 0 saturated carbocycles. The van der Waals surface area contributed by atoms with Crippen molar-refractivity contribution in [2.45, 2.75) is 26.7 Å². The fourth-order valence-electron chi connectivity index (χ4n) is 1.10. The number of carbonyl (C=O) groups excluding carboxylic acids is 2. The van der Waals surface area contributed by atoms with Gasteiger partial charge in [-0.2, -0.15) is 0 Å². The van der Waals surface area contributed by atoms with E-state index in [-0.39, 0.29) is 23.5 Å². The summed E-state index contributed by atoms with van der Waals surface area (Å²) in [5.41, 5.74) is 0. The first-order chi connectivity index (χ1) is 6.11. The van der Waals surface area contributed by atoms with Crippen LogP contribution in [0.4, 0.5) is 0 Å². The van der Waals surface area contributed by atoms with E-state index < -0.39 is 0 Å². The Kier molecular flexibility index (Phi) is 6.59. The lowest BCUT2D eigenvalue weighted by molar-refractivity contribution is -0.121. The van der Waals surface area contributed by atoms with E-state index in [0.29, 0.717) is 6.54 Å². The highest BCUT2D eigenvalue weighted by atomic mass is 35.5. The van der Waals surface area contributed by atoms with Crippen molar-refractivity contribution in [1.82, 2.24) is 5.32 Å². The zero-order valence-corrected chi connectivity index (χ0v) is 8.86. The minimum atomic E-state index is -0.119. The van der Waals surface area contributed by atoms with Gasteiger partial charge in [0.2, 0.25) is 5.91 Å². The van der Waals surface area contributed by atoms with Crippen LogP contribution in [0.3, 0.4) is 0 Å². The van der Waals surface area contributed by atoms with Crippen LogP contribution in [0.2, 0.25) is 0 Å². The Hall–Kier alpha value is -0.570. The van der Waals surface area contributed by atoms with Crippen LogP contribution in [0.25, 0.3) is 0 Å². The second-order valence-electron chi connectivity index (χ2n) is 3.02. The Morgan fingerprint density at radius 3 is 2.46 bits per heavy atom. The molecule has 76 valence electrons. The van der Waals surface area contributed by atoms with Crippen molar-refractivity contribution in [3.63, 3.8) is 0 Å². The largest absolute Gasteiger partial charge is 0.356 e. The summed E-state index contributed by atoms with van der Waals surface area (Å²) in [5.74, 6) is -0.184. The van der Waals surface area contributed by atoms with E-state index in [9.17, 15) is 9.59 Å². The average Bonchev–Trinajstić information content (AvgIpc) is 2.10. The summed E-state index contributed by atoms with van der Waals surface area (Å²) in [6.07, 6.45) is 1.71. The van der Waals surface area contributed by atoms with Gasteiger partial charge in [0.05, 0.1) is 5.88 Å². The Morgan fingerprint density at radius 1 is 1.46 bits per heavy atom. The van der Waals surface area contributed by atoms with Crippen LogP contribution in [0.5, 0.6) is 0 Å². The van der Waals surface area contributed by atoms with E-state index in [1.54, 1.807) is 0 Å². The number of ketones is 1. The highest BCUT2D eigenvalue weighted by Gasteiger charge is 2.16. The normalized spacial score (nSPS) is 12.2. The minimum Gasteiger partial charge on any atom is -0.356 e. The highest BCUT2D eigenvalue weighted by Crippen LogP contribution is 2.07. The van der Waals surface area contributed by atoms with Crippen molar-refractivity contribution in [2.24, 2.45) is 5.92 Å². The first-order valence-electron chi connectivity index (χ1n) is 4.44. The van der Waals surface area contributed by atoms with Crippen LogP contribution in [-0.4, -0.2) is 24.1 Å². The summed E-state index contributed by atoms with van der Waals surface area (Å²) in [5, 5.41) is 2.63. The van der Waals surface area contributed by atoms with Gasteiger partial charge in [0.15, 0.2) is 5.78 Å². The minimum absolute atomic E-state index is 0.0114. The van der Waals surface area contributed by atoms with Crippen LogP contribution >= 0.6 is 11.6 Å². The van der Waals surface area contributed by atoms with Crippen molar-refractivity contribution in [3.05, 3.63) is 0 Å². The fraction of sp³-hybridized carbons (Fsp3) is 0.778. The maximum atomic E-state index is 11.2. The molecule has 0 aliphatic carbocycles. The lowest BCUT2D eigenvalue weighted by Gasteiger charge is -2.13. The number of amides is 1. The Bertz CT molecular complexity index is 182. The van der Waals surface area contributed by atoms with Crippen molar-refractivity contribution in [2.75, 3.05) is 12.4 Å². The molecule has 0 aliphatic heterocycles. The summed E-state index contributed by atoms with van der Waals surface area (Å²) in [7, 11) is 0. The highest BCUT2D eigenvalue weighted by molar-refractivity contribution is 6.27. The van der Waals surface area contributed by atoms with E-state index in [4.69, 9.17) is 11.6 Å². The molecule has 0 spiro atoms. The Labute approximate surface area is 83.8 Å². The molecule has 0 heterocycles. The van der Waals surface area contributed by atoms with Gasteiger partial charge in [-0.15, -0.1) is 11.6 Å². The zero-order valence-electron chi connectivity index (χ0n) is 8.10. The summed E-state index contributed by atoms with van der Waals surface area (Å²) in [4.78, 5) is 21.8. The summed E-state index contributed by atoms with van der Waals surface area (Å²) in [6.45, 7) is 3.85. The van der Waals surface area contributed by atoms with Gasteiger partial charge in [0.25, 0.3) is 0 Å². The molecule has 0 fully saturated rings. The molecule has 0 bridgehead atoms. The Balaban J connectivity index is 3.93. The van der Waals surface area contributed by atoms with Crippen molar-refractivity contribution in [1.29, 1.82) is 0 Å². The van der Waals surface area contributed by atoms with Crippen molar-refractivity contribution < 1.29 is 9.59 Å². The number of rotatable bonds is 6. The lowest BCUT2D eigenvalue weighted by atomic mass is 9.99. The number of hydrogen-bond donors (Lipinski definition) is 1. The van der Waals surface area contributed by atoms with Gasteiger partial charge < -0.3 is 5.32 Å². The van der Waals surface area contributed by atoms with E-state index in [0.717, 1.165) is 12.8 Å². The third-order valence-electron chi connectivity index (χ3n) is 1.82. The molecule has 0 aromatic heterocycles. The molecule has 1 atom stereocenters. The molecule has 0 aromatic carbocycles. The molecule has 0 radical (unpaired) electrons. The maximum Gasteiger partial charge on any atom is 0.216 e. The number of hydrogen-bond acceptors (Lipinski definition) is 2. The fourth-order valence-corrected chi connectivity index (χ4v) is 1.32. The molecule has 1 amide bonds. The molecule has 0 aromatic rings. The monoisotopic (exact) mass is 205 g/mol. The standard InChI is InChI=1S/C9H16ClNO2/c1-3-4-8(9(13)5-10)6-11-7(2)12/h8H,3-6H2,1-2H3,(H,11,12). The number of halogens is 1. The van der Waals surface area contributed by atoms with Gasteiger partial charge in [-0.3, -0.25) is 9.59 Å². The van der Waals surface area contributed by atoms with E-state index in [1.807, 2.05) is 6.92 Å². The molecular weight excluding hydrogens is 190 g/mol. The lowest BCUT2D eigenvalue weighted by Crippen LogP contribution is -2.32. The average molecular weight is 206 g/mol. The molecule has 0 rings (SSSR count). The predicted octanol–water partition coefficient (Wildman–Crippen LogP) is 1.35. The molecule has 4 heteroatoms. The molecular formula is C9H16ClNO2. The third kappa shape index (κ3) is 5.64. The van der Waals surface area contributed by atoms with Crippen LogP contribution < -0.4 is 5.32 Å². The number of nitrogens with one attached hydrogen (secondary N) is 1. The number of alkyl halides is 1. The zero-order chi connectivity index (χ0) is 10.3. The molecule has 0 saturated heterocycles. The molecule has 3 nitrogen and oxygen atoms in total. The van der Waals surface area contributed by atoms with Gasteiger partial charge >= 0.3 is 0 Å². The van der Waals surface area contributed by atoms with E-state index in [2.05, 4.69) is 5.32 Å².